The number of rotatable bonds is 1. The van der Waals surface area contributed by atoms with Gasteiger partial charge in [0.05, 0.1) is 38.8 Å². The first-order valence-corrected chi connectivity index (χ1v) is 28.0. The van der Waals surface area contributed by atoms with Gasteiger partial charge < -0.3 is 28.3 Å². The summed E-state index contributed by atoms with van der Waals surface area (Å²) in [5.74, 6) is 1.55. The number of aromatic nitrogens is 4. The van der Waals surface area contributed by atoms with Crippen molar-refractivity contribution in [2.24, 2.45) is 0 Å². The zero-order chi connectivity index (χ0) is 58.0. The third-order valence-corrected chi connectivity index (χ3v) is 19.3. The van der Waals surface area contributed by atoms with Gasteiger partial charge in [0, 0.05) is 121 Å². The van der Waals surface area contributed by atoms with Gasteiger partial charge in [0.2, 0.25) is 5.43 Å². The number of thioether (sulfide) groups is 1. The number of benzene rings is 4. The molecule has 16 heteroatoms. The Bertz CT molecular complexity index is 4170. The van der Waals surface area contributed by atoms with Crippen molar-refractivity contribution in [3.63, 3.8) is 0 Å². The van der Waals surface area contributed by atoms with Crippen molar-refractivity contribution in [1.82, 2.24) is 18.4 Å². The summed E-state index contributed by atoms with van der Waals surface area (Å²) < 4.78 is 20.0. The number of carbonyl (C=O) groups is 2. The topological polar surface area (TPSA) is 164 Å². The molecule has 12 rings (SSSR count). The van der Waals surface area contributed by atoms with Crippen LogP contribution in [0.15, 0.2) is 48.9 Å². The van der Waals surface area contributed by atoms with E-state index in [1.54, 1.807) is 16.7 Å². The predicted molar refractivity (Wildman–Crippen MR) is 320 cm³/mol. The van der Waals surface area contributed by atoms with Crippen LogP contribution in [0.2, 0.25) is 0 Å². The fraction of sp³-hybridized carbons (Fsp3) is 0.406. The summed E-state index contributed by atoms with van der Waals surface area (Å²) in [6, 6.07) is 0.815. The Morgan fingerprint density at radius 3 is 1.44 bits per heavy atom. The van der Waals surface area contributed by atoms with Crippen LogP contribution in [0.25, 0.3) is 43.6 Å². The molecule has 0 saturated heterocycles. The number of aromatic carboxylic acids is 1. The third kappa shape index (κ3) is 9.27. The Morgan fingerprint density at radius 1 is 0.500 bits per heavy atom. The maximum absolute atomic E-state index is 12.5. The largest absolute Gasteiger partial charge is 0.489 e. The molecule has 2 unspecified atom stereocenters. The molecule has 8 heterocycles. The van der Waals surface area contributed by atoms with E-state index in [9.17, 15) is 33.9 Å². The zero-order valence-corrected chi connectivity index (χ0v) is 53.5. The Labute approximate surface area is 495 Å². The first-order chi connectivity index (χ1) is 37.0. The van der Waals surface area contributed by atoms with E-state index in [2.05, 4.69) is 62.2 Å². The number of carboxylic acid groups (broad SMARTS) is 1. The summed E-state index contributed by atoms with van der Waals surface area (Å²) in [4.78, 5) is 75.2. The summed E-state index contributed by atoms with van der Waals surface area (Å²) in [6.45, 7) is 37.2. The van der Waals surface area contributed by atoms with E-state index in [0.29, 0.717) is 42.5 Å². The number of hydrogen-bond acceptors (Lipinski definition) is 10. The quantitative estimate of drug-likeness (QED) is 0.166. The molecule has 4 aromatic carbocycles. The average molecular weight is 1180 g/mol. The van der Waals surface area contributed by atoms with Crippen LogP contribution in [0.4, 0.5) is 0 Å². The zero-order valence-electron chi connectivity index (χ0n) is 49.8. The predicted octanol–water partition coefficient (Wildman–Crippen LogP) is 12.0. The van der Waals surface area contributed by atoms with Crippen molar-refractivity contribution in [3.05, 3.63) is 160 Å². The van der Waals surface area contributed by atoms with E-state index >= 15 is 0 Å². The Balaban J connectivity index is 0.000000140. The number of Topliss-reactive ketones (excluding diaryl/α,β-unsaturated/α-hetero) is 1. The molecular weight excluding hydrogens is 1100 g/mol. The molecular formula is C64H73N5O9SY. The summed E-state index contributed by atoms with van der Waals surface area (Å²) >= 11 is 1.89. The van der Waals surface area contributed by atoms with Gasteiger partial charge in [-0.3, -0.25) is 33.7 Å². The van der Waals surface area contributed by atoms with Crippen LogP contribution in [0, 0.1) is 104 Å². The van der Waals surface area contributed by atoms with E-state index in [1.165, 1.54) is 22.2 Å². The number of pyridine rings is 4. The molecule has 4 aliphatic heterocycles. The molecule has 0 saturated carbocycles. The molecule has 0 fully saturated rings. The molecule has 3 atom stereocenters. The number of carbonyl (C=O) groups excluding carboxylic acids is 1. The second kappa shape index (κ2) is 21.9. The van der Waals surface area contributed by atoms with E-state index in [1.807, 2.05) is 107 Å². The van der Waals surface area contributed by atoms with Gasteiger partial charge in [-0.15, -0.1) is 11.8 Å². The van der Waals surface area contributed by atoms with Crippen LogP contribution in [0.1, 0.15) is 149 Å². The van der Waals surface area contributed by atoms with Gasteiger partial charge in [-0.25, -0.2) is 4.79 Å². The van der Waals surface area contributed by atoms with Gasteiger partial charge in [-0.2, -0.15) is 0 Å². The number of aryl methyl sites for hydroxylation is 7. The van der Waals surface area contributed by atoms with Crippen LogP contribution in [0.3, 0.4) is 0 Å². The van der Waals surface area contributed by atoms with Crippen molar-refractivity contribution in [2.45, 2.75) is 154 Å². The molecule has 1 radical (unpaired) electrons. The van der Waals surface area contributed by atoms with Crippen molar-refractivity contribution in [1.29, 1.82) is 0 Å². The van der Waals surface area contributed by atoms with Crippen LogP contribution in [0.5, 0.6) is 11.5 Å². The van der Waals surface area contributed by atoms with E-state index in [-0.39, 0.29) is 72.4 Å². The smallest absolute Gasteiger partial charge is 0.341 e. The SMILES string of the molecule is Cc1c(C)c2c3c(c1C)c(=O)c(C(=O)O)cn3N(C)CO2.Cc1c(C)c2c3c(c1C)c(=O)c(C)cn3C(C)CC2=O.Cc1c(C)c2c3c(c1C)c(=O)c(C)cn3C(C)CS2.Cc1c(C)c2c3c(c1C)c(=O)c(C)cn3[C@@H](C)CO2.[Y]. The number of ether oxygens (including phenoxy) is 2. The van der Waals surface area contributed by atoms with Gasteiger partial charge in [-0.1, -0.05) is 0 Å². The summed E-state index contributed by atoms with van der Waals surface area (Å²) in [6.07, 6.45) is 7.78. The fourth-order valence-corrected chi connectivity index (χ4v) is 13.4. The van der Waals surface area contributed by atoms with Crippen molar-refractivity contribution in [2.75, 3.05) is 31.1 Å². The molecule has 1 N–H and O–H groups in total. The molecule has 8 aromatic rings. The third-order valence-electron chi connectivity index (χ3n) is 17.8. The van der Waals surface area contributed by atoms with E-state index in [4.69, 9.17) is 9.47 Å². The Hall–Kier alpha value is -6.29. The normalized spacial score (nSPS) is 16.5. The Kier molecular flexibility index (Phi) is 16.4. The van der Waals surface area contributed by atoms with Gasteiger partial charge in [0.15, 0.2) is 34.5 Å². The van der Waals surface area contributed by atoms with Gasteiger partial charge in [0.1, 0.15) is 23.4 Å². The maximum atomic E-state index is 12.5. The van der Waals surface area contributed by atoms with Crippen LogP contribution in [-0.2, 0) is 32.7 Å². The van der Waals surface area contributed by atoms with E-state index in [0.717, 1.165) is 122 Å². The monoisotopic (exact) mass is 1180 g/mol. The summed E-state index contributed by atoms with van der Waals surface area (Å²) in [5, 5.41) is 13.9. The number of hydrogen-bond donors (Lipinski definition) is 1. The second-order valence-corrected chi connectivity index (χ2v) is 23.7. The molecule has 0 amide bonds. The molecule has 0 aliphatic carbocycles. The average Bonchev–Trinajstić information content (AvgIpc) is 3.54. The Morgan fingerprint density at radius 2 is 0.925 bits per heavy atom. The maximum Gasteiger partial charge on any atom is 0.341 e. The molecule has 4 aliphatic rings. The minimum absolute atomic E-state index is 0. The molecule has 14 nitrogen and oxygen atoms in total. The minimum atomic E-state index is -1.22. The van der Waals surface area contributed by atoms with Crippen molar-refractivity contribution >= 4 is 67.1 Å². The van der Waals surface area contributed by atoms with Crippen molar-refractivity contribution < 1.29 is 56.9 Å². The molecule has 0 bridgehead atoms. The number of nitrogens with zero attached hydrogens (tertiary/aromatic N) is 5. The first kappa shape index (κ1) is 59.8. The first-order valence-electron chi connectivity index (χ1n) is 27.1. The summed E-state index contributed by atoms with van der Waals surface area (Å²) in [7, 11) is 1.78. The minimum Gasteiger partial charge on any atom is -0.489 e. The van der Waals surface area contributed by atoms with Crippen LogP contribution >= 0.6 is 11.8 Å². The number of carboxylic acids is 1. The fourth-order valence-electron chi connectivity index (χ4n) is 12.1. The van der Waals surface area contributed by atoms with Gasteiger partial charge in [-0.05, 0) is 191 Å². The van der Waals surface area contributed by atoms with Crippen molar-refractivity contribution in [3.8, 4) is 11.5 Å². The molecule has 417 valence electrons. The standard InChI is InChI=1S/C17H19NO2.C16H19NO2.C16H19NOS.C15H16N2O4.Y/c1-8-7-18-9(2)6-13(19)14-11(4)10(3)12(5)15(16(14)18)17(8)20;2*1-8-6-17-9(2)7-19-16-12(5)10(3)11(4)13(14(16)17)15(8)18;1-7-8(2)11-12-14(9(7)3)21-6-16(4)17(12)5-10(13(11)18)15(19)20;/h7,9H,6H2,1-5H3;2*6,9H,7H2,1-5H3;5H,6H2,1-4H3,(H,19,20);/t;9-;;;/m.0.../s1. The van der Waals surface area contributed by atoms with E-state index < -0.39 is 11.4 Å². The summed E-state index contributed by atoms with van der Waals surface area (Å²) in [5.41, 5.74) is 19.4. The van der Waals surface area contributed by atoms with Crippen LogP contribution in [-0.4, -0.2) is 61.4 Å². The molecule has 0 spiro atoms. The van der Waals surface area contributed by atoms with Crippen LogP contribution < -0.4 is 36.2 Å². The second-order valence-electron chi connectivity index (χ2n) is 22.7. The number of ketones is 1. The molecule has 4 aromatic heterocycles. The van der Waals surface area contributed by atoms with Gasteiger partial charge >= 0.3 is 5.97 Å². The van der Waals surface area contributed by atoms with Gasteiger partial charge in [0.25, 0.3) is 0 Å². The molecule has 80 heavy (non-hydrogen) atoms.